The summed E-state index contributed by atoms with van der Waals surface area (Å²) in [5, 5.41) is 3.15. The van der Waals surface area contributed by atoms with E-state index in [0.717, 1.165) is 9.26 Å². The van der Waals surface area contributed by atoms with Gasteiger partial charge in [0.25, 0.3) is 5.91 Å². The number of anilines is 2. The van der Waals surface area contributed by atoms with Crippen molar-refractivity contribution in [2.24, 2.45) is 0 Å². The maximum Gasteiger partial charge on any atom is 0.257 e. The number of halogens is 2. The molecule has 1 amide bonds. The largest absolute Gasteiger partial charge is 0.399 e. The highest BCUT2D eigenvalue weighted by molar-refractivity contribution is 14.1. The van der Waals surface area contributed by atoms with Crippen molar-refractivity contribution in [1.82, 2.24) is 0 Å². The Balaban J connectivity index is 2.21. The fraction of sp³-hybridized carbons (Fsp3) is 0. The van der Waals surface area contributed by atoms with Crippen LogP contribution in [0.25, 0.3) is 0 Å². The lowest BCUT2D eigenvalue weighted by Crippen LogP contribution is -2.12. The van der Waals surface area contributed by atoms with Crippen LogP contribution in [0.5, 0.6) is 0 Å². The van der Waals surface area contributed by atoms with Gasteiger partial charge in [-0.2, -0.15) is 0 Å². The van der Waals surface area contributed by atoms with Crippen LogP contribution in [-0.2, 0) is 0 Å². The van der Waals surface area contributed by atoms with Gasteiger partial charge in [-0.3, -0.25) is 4.79 Å². The van der Waals surface area contributed by atoms with E-state index in [-0.39, 0.29) is 5.91 Å². The molecule has 0 heterocycles. The highest BCUT2D eigenvalue weighted by Gasteiger charge is 2.10. The van der Waals surface area contributed by atoms with Crippen LogP contribution in [-0.4, -0.2) is 5.91 Å². The summed E-state index contributed by atoms with van der Waals surface area (Å²) in [4.78, 5) is 12.0. The predicted octanol–water partition coefficient (Wildman–Crippen LogP) is 3.78. The number of nitrogens with one attached hydrogen (secondary N) is 1. The average molecular weight is 373 g/mol. The van der Waals surface area contributed by atoms with Crippen molar-refractivity contribution in [2.45, 2.75) is 0 Å². The Morgan fingerprint density at radius 3 is 2.50 bits per heavy atom. The van der Waals surface area contributed by atoms with Crippen molar-refractivity contribution in [3.63, 3.8) is 0 Å². The van der Waals surface area contributed by atoms with Gasteiger partial charge in [-0.15, -0.1) is 0 Å². The SMILES string of the molecule is Nc1ccc(Cl)c(C(=O)Nc2ccc(I)cc2)c1. The van der Waals surface area contributed by atoms with Crippen molar-refractivity contribution >= 4 is 51.5 Å². The molecule has 0 aliphatic carbocycles. The van der Waals surface area contributed by atoms with Gasteiger partial charge in [0, 0.05) is 14.9 Å². The van der Waals surface area contributed by atoms with E-state index in [1.54, 1.807) is 18.2 Å². The first-order chi connectivity index (χ1) is 8.56. The van der Waals surface area contributed by atoms with Gasteiger partial charge < -0.3 is 11.1 Å². The number of hydrogen-bond donors (Lipinski definition) is 2. The maximum absolute atomic E-state index is 12.0. The molecule has 2 aromatic carbocycles. The highest BCUT2D eigenvalue weighted by Crippen LogP contribution is 2.20. The van der Waals surface area contributed by atoms with Gasteiger partial charge in [-0.05, 0) is 65.1 Å². The van der Waals surface area contributed by atoms with Crippen LogP contribution < -0.4 is 11.1 Å². The Hall–Kier alpha value is -1.27. The summed E-state index contributed by atoms with van der Waals surface area (Å²) in [6.45, 7) is 0. The normalized spacial score (nSPS) is 10.1. The summed E-state index contributed by atoms with van der Waals surface area (Å²) >= 11 is 8.17. The maximum atomic E-state index is 12.0. The molecule has 18 heavy (non-hydrogen) atoms. The monoisotopic (exact) mass is 372 g/mol. The minimum Gasteiger partial charge on any atom is -0.399 e. The van der Waals surface area contributed by atoms with Crippen LogP contribution in [0.4, 0.5) is 11.4 Å². The van der Waals surface area contributed by atoms with Crippen molar-refractivity contribution in [3.8, 4) is 0 Å². The second kappa shape index (κ2) is 5.58. The Morgan fingerprint density at radius 2 is 1.83 bits per heavy atom. The zero-order valence-corrected chi connectivity index (χ0v) is 12.2. The topological polar surface area (TPSA) is 55.1 Å². The zero-order chi connectivity index (χ0) is 13.1. The molecule has 0 spiro atoms. The van der Waals surface area contributed by atoms with Gasteiger partial charge >= 0.3 is 0 Å². The molecule has 3 nitrogen and oxygen atoms in total. The summed E-state index contributed by atoms with van der Waals surface area (Å²) in [5.41, 5.74) is 7.24. The quantitative estimate of drug-likeness (QED) is 0.623. The fourth-order valence-electron chi connectivity index (χ4n) is 1.45. The van der Waals surface area contributed by atoms with Crippen molar-refractivity contribution in [1.29, 1.82) is 0 Å². The zero-order valence-electron chi connectivity index (χ0n) is 9.28. The third-order valence-electron chi connectivity index (χ3n) is 2.34. The molecule has 92 valence electrons. The van der Waals surface area contributed by atoms with Crippen LogP contribution in [0.3, 0.4) is 0 Å². The van der Waals surface area contributed by atoms with E-state index in [9.17, 15) is 4.79 Å². The molecule has 0 aliphatic heterocycles. The summed E-state index contributed by atoms with van der Waals surface area (Å²) in [5.74, 6) is -0.270. The van der Waals surface area contributed by atoms with Crippen LogP contribution in [0.15, 0.2) is 42.5 Å². The molecule has 0 bridgehead atoms. The molecule has 0 aliphatic rings. The first-order valence-electron chi connectivity index (χ1n) is 5.18. The molecule has 0 fully saturated rings. The van der Waals surface area contributed by atoms with Gasteiger partial charge in [-0.25, -0.2) is 0 Å². The first kappa shape index (κ1) is 13.2. The molecular formula is C13H10ClIN2O. The van der Waals surface area contributed by atoms with Gasteiger partial charge in [0.15, 0.2) is 0 Å². The number of nitrogen functional groups attached to an aromatic ring is 1. The first-order valence-corrected chi connectivity index (χ1v) is 6.64. The van der Waals surface area contributed by atoms with Crippen LogP contribution in [0.1, 0.15) is 10.4 Å². The second-order valence-corrected chi connectivity index (χ2v) is 5.35. The number of benzene rings is 2. The standard InChI is InChI=1S/C13H10ClIN2O/c14-12-6-3-9(16)7-11(12)13(18)17-10-4-1-8(15)2-5-10/h1-7H,16H2,(H,17,18). The molecule has 0 saturated heterocycles. The van der Waals surface area contributed by atoms with E-state index < -0.39 is 0 Å². The number of carbonyl (C=O) groups excluding carboxylic acids is 1. The van der Waals surface area contributed by atoms with Gasteiger partial charge in [-0.1, -0.05) is 11.6 Å². The number of amides is 1. The number of hydrogen-bond acceptors (Lipinski definition) is 2. The summed E-state index contributed by atoms with van der Waals surface area (Å²) in [7, 11) is 0. The minimum atomic E-state index is -0.270. The molecule has 2 rings (SSSR count). The summed E-state index contributed by atoms with van der Waals surface area (Å²) in [6, 6.07) is 12.3. The smallest absolute Gasteiger partial charge is 0.257 e. The molecule has 0 atom stereocenters. The van der Waals surface area contributed by atoms with E-state index in [4.69, 9.17) is 17.3 Å². The molecular weight excluding hydrogens is 363 g/mol. The van der Waals surface area contributed by atoms with E-state index >= 15 is 0 Å². The van der Waals surface area contributed by atoms with E-state index in [1.165, 1.54) is 0 Å². The highest BCUT2D eigenvalue weighted by atomic mass is 127. The molecule has 0 unspecified atom stereocenters. The van der Waals surface area contributed by atoms with Crippen LogP contribution in [0.2, 0.25) is 5.02 Å². The molecule has 0 saturated carbocycles. The van der Waals surface area contributed by atoms with Crippen molar-refractivity contribution in [2.75, 3.05) is 11.1 Å². The number of nitrogens with two attached hydrogens (primary N) is 1. The van der Waals surface area contributed by atoms with Gasteiger partial charge in [0.05, 0.1) is 10.6 Å². The lowest BCUT2D eigenvalue weighted by atomic mass is 10.2. The Labute approximate surface area is 123 Å². The van der Waals surface area contributed by atoms with Crippen LogP contribution in [0, 0.1) is 3.57 Å². The lowest BCUT2D eigenvalue weighted by molar-refractivity contribution is 0.102. The molecule has 2 aromatic rings. The molecule has 3 N–H and O–H groups in total. The van der Waals surface area contributed by atoms with Crippen LogP contribution >= 0.6 is 34.2 Å². The minimum absolute atomic E-state index is 0.270. The summed E-state index contributed by atoms with van der Waals surface area (Å²) < 4.78 is 1.10. The Morgan fingerprint density at radius 1 is 1.17 bits per heavy atom. The van der Waals surface area contributed by atoms with E-state index in [0.29, 0.717) is 16.3 Å². The van der Waals surface area contributed by atoms with Crippen molar-refractivity contribution < 1.29 is 4.79 Å². The fourth-order valence-corrected chi connectivity index (χ4v) is 2.01. The molecule has 5 heteroatoms. The summed E-state index contributed by atoms with van der Waals surface area (Å²) in [6.07, 6.45) is 0. The predicted molar refractivity (Wildman–Crippen MR) is 83.0 cm³/mol. The van der Waals surface area contributed by atoms with E-state index in [1.807, 2.05) is 24.3 Å². The Bertz CT molecular complexity index is 584. The second-order valence-electron chi connectivity index (χ2n) is 3.70. The average Bonchev–Trinajstić information content (AvgIpc) is 2.35. The molecule has 0 radical (unpaired) electrons. The third-order valence-corrected chi connectivity index (χ3v) is 3.39. The van der Waals surface area contributed by atoms with Crippen molar-refractivity contribution in [3.05, 3.63) is 56.6 Å². The van der Waals surface area contributed by atoms with Gasteiger partial charge in [0.2, 0.25) is 0 Å². The number of rotatable bonds is 2. The molecule has 0 aromatic heterocycles. The van der Waals surface area contributed by atoms with E-state index in [2.05, 4.69) is 27.9 Å². The number of carbonyl (C=O) groups is 1. The Kier molecular flexibility index (Phi) is 4.08. The van der Waals surface area contributed by atoms with Gasteiger partial charge in [0.1, 0.15) is 0 Å². The third kappa shape index (κ3) is 3.14. The lowest BCUT2D eigenvalue weighted by Gasteiger charge is -2.07.